The minimum Gasteiger partial charge on any atom is 0 e. The summed E-state index contributed by atoms with van der Waals surface area (Å²) >= 11 is 0. The van der Waals surface area contributed by atoms with Crippen LogP contribution in [0.2, 0.25) is 19.6 Å². The SMILES string of the molecule is CN1[C]C=C([Si](C)(C)C)N(C)C1=O.[C-]#[O+].[C-]#[O+].[C-]#[O+].[C-]#[O+].[C-]#[O+].[W]. The van der Waals surface area contributed by atoms with E-state index in [9.17, 15) is 4.79 Å². The van der Waals surface area contributed by atoms with Crippen molar-refractivity contribution in [1.29, 1.82) is 0 Å². The first-order valence-electron chi connectivity index (χ1n) is 5.34. The van der Waals surface area contributed by atoms with E-state index in [1.807, 2.05) is 13.1 Å². The Labute approximate surface area is 158 Å². The van der Waals surface area contributed by atoms with Crippen LogP contribution in [-0.2, 0) is 44.3 Å². The molecule has 2 amide bonds. The molecule has 1 rings (SSSR count). The molecule has 1 aliphatic heterocycles. The second-order valence-corrected chi connectivity index (χ2v) is 9.32. The van der Waals surface area contributed by atoms with Crippen LogP contribution < -0.4 is 0 Å². The molecular weight excluding hydrogens is 504 g/mol. The zero-order valence-corrected chi connectivity index (χ0v) is 17.8. The summed E-state index contributed by atoms with van der Waals surface area (Å²) < 4.78 is 37.5. The van der Waals surface area contributed by atoms with Crippen molar-refractivity contribution in [2.75, 3.05) is 14.1 Å². The molecule has 1 aliphatic rings. The monoisotopic (exact) mass is 520 g/mol. The number of rotatable bonds is 1. The summed E-state index contributed by atoms with van der Waals surface area (Å²) in [6.07, 6.45) is 1.92. The molecule has 0 bridgehead atoms. The normalized spacial score (nSPS) is 10.8. The summed E-state index contributed by atoms with van der Waals surface area (Å²) in [7, 11) is 2.13. The molecule has 0 unspecified atom stereocenters. The molecular formula is C14H16N2O6SiW. The van der Waals surface area contributed by atoms with Gasteiger partial charge < -0.3 is 9.80 Å². The van der Waals surface area contributed by atoms with E-state index in [2.05, 4.69) is 59.4 Å². The van der Waals surface area contributed by atoms with Gasteiger partial charge in [0.15, 0.2) is 0 Å². The molecule has 10 heteroatoms. The number of hydrogen-bond acceptors (Lipinski definition) is 1. The van der Waals surface area contributed by atoms with Crippen LogP contribution in [-0.4, -0.2) is 38.0 Å². The maximum absolute atomic E-state index is 11.6. The molecule has 2 radical (unpaired) electrons. The molecule has 0 spiro atoms. The maximum atomic E-state index is 11.6. The summed E-state index contributed by atoms with van der Waals surface area (Å²) in [5.41, 5.74) is 0. The van der Waals surface area contributed by atoms with Crippen molar-refractivity contribution >= 4 is 14.1 Å². The molecule has 0 saturated carbocycles. The fourth-order valence-electron chi connectivity index (χ4n) is 1.36. The minimum atomic E-state index is -1.41. The molecule has 0 aromatic rings. The van der Waals surface area contributed by atoms with Crippen LogP contribution in [0, 0.1) is 39.8 Å². The number of nitrogens with zero attached hydrogens (tertiary/aromatic N) is 2. The third-order valence-corrected chi connectivity index (χ3v) is 4.12. The van der Waals surface area contributed by atoms with E-state index < -0.39 is 8.07 Å². The fraction of sp³-hybridized carbons (Fsp3) is 0.357. The van der Waals surface area contributed by atoms with E-state index in [1.54, 1.807) is 11.9 Å². The van der Waals surface area contributed by atoms with Gasteiger partial charge in [0.25, 0.3) is 0 Å². The van der Waals surface area contributed by atoms with E-state index in [4.69, 9.17) is 23.3 Å². The van der Waals surface area contributed by atoms with Crippen LogP contribution in [0.5, 0.6) is 0 Å². The van der Waals surface area contributed by atoms with Crippen molar-refractivity contribution in [3.63, 3.8) is 0 Å². The van der Waals surface area contributed by atoms with E-state index in [0.717, 1.165) is 5.32 Å². The molecule has 0 aromatic carbocycles. The molecule has 128 valence electrons. The molecule has 0 aliphatic carbocycles. The van der Waals surface area contributed by atoms with Crippen LogP contribution in [0.3, 0.4) is 0 Å². The van der Waals surface area contributed by atoms with Crippen molar-refractivity contribution in [3.05, 3.63) is 51.2 Å². The fourth-order valence-corrected chi connectivity index (χ4v) is 2.96. The van der Waals surface area contributed by atoms with Gasteiger partial charge in [-0.3, -0.25) is 0 Å². The van der Waals surface area contributed by atoms with Crippen molar-refractivity contribution in [2.45, 2.75) is 19.6 Å². The quantitative estimate of drug-likeness (QED) is 0.291. The first-order valence-corrected chi connectivity index (χ1v) is 8.84. The van der Waals surface area contributed by atoms with E-state index in [1.165, 1.54) is 4.90 Å². The van der Waals surface area contributed by atoms with Crippen LogP contribution >= 0.6 is 0 Å². The summed E-state index contributed by atoms with van der Waals surface area (Å²) in [6.45, 7) is 32.1. The van der Waals surface area contributed by atoms with Gasteiger partial charge >= 0.3 is 62.5 Å². The van der Waals surface area contributed by atoms with Gasteiger partial charge in [-0.1, -0.05) is 19.6 Å². The van der Waals surface area contributed by atoms with Crippen molar-refractivity contribution in [2.24, 2.45) is 0 Å². The van der Waals surface area contributed by atoms with Crippen molar-refractivity contribution < 1.29 is 49.1 Å². The van der Waals surface area contributed by atoms with Gasteiger partial charge in [0.1, 0.15) is 6.54 Å². The molecule has 0 saturated heterocycles. The van der Waals surface area contributed by atoms with Gasteiger partial charge in [-0.2, -0.15) is 0 Å². The van der Waals surface area contributed by atoms with Gasteiger partial charge in [0.05, 0.1) is 8.07 Å². The van der Waals surface area contributed by atoms with Gasteiger partial charge in [-0.05, 0) is 6.08 Å². The maximum Gasteiger partial charge on any atom is 0 e. The smallest absolute Gasteiger partial charge is 0 e. The zero-order chi connectivity index (χ0) is 20.2. The van der Waals surface area contributed by atoms with E-state index >= 15 is 0 Å². The third-order valence-electron chi connectivity index (χ3n) is 2.10. The average molecular weight is 520 g/mol. The number of amides is 2. The number of carbonyl (C=O) groups excluding carboxylic acids is 1. The first-order chi connectivity index (χ1) is 10.8. The van der Waals surface area contributed by atoms with Gasteiger partial charge in [0, 0.05) is 40.5 Å². The second-order valence-electron chi connectivity index (χ2n) is 4.31. The van der Waals surface area contributed by atoms with E-state index in [-0.39, 0.29) is 27.1 Å². The van der Waals surface area contributed by atoms with Crippen LogP contribution in [0.15, 0.2) is 11.4 Å². The Morgan fingerprint density at radius 1 is 0.875 bits per heavy atom. The Bertz CT molecular complexity index is 414. The van der Waals surface area contributed by atoms with E-state index in [0.29, 0.717) is 0 Å². The molecule has 0 fully saturated rings. The largest absolute Gasteiger partial charge is 0 e. The molecule has 8 nitrogen and oxygen atoms in total. The molecule has 0 aromatic heterocycles. The van der Waals surface area contributed by atoms with Crippen molar-refractivity contribution in [3.8, 4) is 0 Å². The minimum absolute atomic E-state index is 0. The number of carbonyl (C=O) groups is 1. The molecule has 1 heterocycles. The first kappa shape index (κ1) is 38.3. The second kappa shape index (κ2) is 26.5. The number of urea groups is 1. The Balaban J connectivity index is -0.0000000634. The Morgan fingerprint density at radius 2 is 1.17 bits per heavy atom. The summed E-state index contributed by atoms with van der Waals surface area (Å²) in [5.74, 6) is 0. The molecule has 0 atom stereocenters. The summed E-state index contributed by atoms with van der Waals surface area (Å²) in [4.78, 5) is 14.8. The average Bonchev–Trinajstić information content (AvgIpc) is 2.60. The molecule has 0 N–H and O–H groups in total. The number of likely N-dealkylation sites (N-methyl/N-ethyl adjacent to an activating group) is 1. The Kier molecular flexibility index (Phi) is 42.3. The summed E-state index contributed by atoms with van der Waals surface area (Å²) in [5, 5.41) is 1.13. The third kappa shape index (κ3) is 17.0. The van der Waals surface area contributed by atoms with Gasteiger partial charge in [-0.25, -0.2) is 4.79 Å². The predicted octanol–water partition coefficient (Wildman–Crippen LogP) is 1.59. The molecule has 24 heavy (non-hydrogen) atoms. The Hall–Kier alpha value is -1.38. The topological polar surface area (TPSA) is 123 Å². The summed E-state index contributed by atoms with van der Waals surface area (Å²) in [6, 6.07) is -0.0000694. The standard InChI is InChI=1S/C9H16N2OSi.5CO.W/c1-10-7-6-8(13(3,4)5)11(2)9(10)12;5*1-2;/h6H,1-5H3;;;;;;. The van der Waals surface area contributed by atoms with Gasteiger partial charge in [0.2, 0.25) is 0 Å². The van der Waals surface area contributed by atoms with Gasteiger partial charge in [-0.15, -0.1) is 0 Å². The van der Waals surface area contributed by atoms with Crippen molar-refractivity contribution in [1.82, 2.24) is 9.80 Å². The Morgan fingerprint density at radius 3 is 1.42 bits per heavy atom. The van der Waals surface area contributed by atoms with Crippen LogP contribution in [0.4, 0.5) is 4.79 Å². The zero-order valence-electron chi connectivity index (χ0n) is 13.8. The van der Waals surface area contributed by atoms with Crippen LogP contribution in [0.1, 0.15) is 0 Å². The predicted molar refractivity (Wildman–Crippen MR) is 75.2 cm³/mol. The number of hydrogen-bond donors (Lipinski definition) is 0. The van der Waals surface area contributed by atoms with Crippen LogP contribution in [0.25, 0.3) is 0 Å².